The number of aromatic nitrogens is 2. The van der Waals surface area contributed by atoms with E-state index in [0.717, 1.165) is 0 Å². The van der Waals surface area contributed by atoms with Gasteiger partial charge in [0.2, 0.25) is 0 Å². The first-order valence-electron chi connectivity index (χ1n) is 1.67. The summed E-state index contributed by atoms with van der Waals surface area (Å²) < 4.78 is 4.13. The molecule has 4 heteroatoms. The normalized spacial score (nSPS) is 8.57. The van der Waals surface area contributed by atoms with Crippen molar-refractivity contribution >= 4 is 23.8 Å². The molecule has 7 heavy (non-hydrogen) atoms. The maximum absolute atomic E-state index is 4.65. The van der Waals surface area contributed by atoms with E-state index in [0.29, 0.717) is 4.64 Å². The highest BCUT2D eigenvalue weighted by atomic mass is 32.1. The summed E-state index contributed by atoms with van der Waals surface area (Å²) in [5, 5.41) is 5.36. The second-order valence-corrected chi connectivity index (χ2v) is 1.99. The van der Waals surface area contributed by atoms with Crippen molar-refractivity contribution in [3.63, 3.8) is 0 Å². The van der Waals surface area contributed by atoms with Gasteiger partial charge in [-0.1, -0.05) is 16.7 Å². The Balaban J connectivity index is 3.28. The van der Waals surface area contributed by atoms with Crippen molar-refractivity contribution in [2.45, 2.75) is 0 Å². The lowest BCUT2D eigenvalue weighted by Crippen LogP contribution is -1.70. The fraction of sp³-hybridized carbons (Fsp3) is 0. The molecule has 0 spiro atoms. The molecule has 0 aliphatic heterocycles. The van der Waals surface area contributed by atoms with Crippen LogP contribution in [0.15, 0.2) is 11.4 Å². The molecule has 0 atom stereocenters. The van der Waals surface area contributed by atoms with E-state index in [1.165, 1.54) is 11.5 Å². The molecule has 1 heterocycles. The molecular formula is C3H2N2S2. The molecule has 36 valence electrons. The molecule has 0 radical (unpaired) electrons. The molecule has 1 aromatic rings. The maximum atomic E-state index is 4.65. The molecule has 0 aliphatic rings. The Morgan fingerprint density at radius 2 is 2.57 bits per heavy atom. The summed E-state index contributed by atoms with van der Waals surface area (Å²) in [6.45, 7) is 0. The lowest BCUT2D eigenvalue weighted by Gasteiger charge is -1.70. The third-order valence-corrected chi connectivity index (χ3v) is 1.11. The van der Waals surface area contributed by atoms with Crippen LogP contribution in [0.25, 0.3) is 0 Å². The van der Waals surface area contributed by atoms with Crippen molar-refractivity contribution in [2.75, 3.05) is 0 Å². The van der Waals surface area contributed by atoms with Crippen molar-refractivity contribution in [3.05, 3.63) is 16.1 Å². The summed E-state index contributed by atoms with van der Waals surface area (Å²) >= 11 is 5.93. The van der Waals surface area contributed by atoms with E-state index in [-0.39, 0.29) is 0 Å². The van der Waals surface area contributed by atoms with Crippen LogP contribution in [0.3, 0.4) is 0 Å². The molecule has 0 bridgehead atoms. The average molecular weight is 130 g/mol. The van der Waals surface area contributed by atoms with Gasteiger partial charge in [-0.25, -0.2) is 0 Å². The molecule has 1 rings (SSSR count). The van der Waals surface area contributed by atoms with E-state index in [1.807, 2.05) is 0 Å². The van der Waals surface area contributed by atoms with E-state index in [9.17, 15) is 0 Å². The van der Waals surface area contributed by atoms with Crippen LogP contribution in [-0.4, -0.2) is 9.59 Å². The van der Waals surface area contributed by atoms with Gasteiger partial charge in [-0.05, 0) is 17.6 Å². The zero-order chi connectivity index (χ0) is 5.11. The third kappa shape index (κ3) is 1.29. The Morgan fingerprint density at radius 1 is 1.71 bits per heavy atom. The Labute approximate surface area is 50.0 Å². The van der Waals surface area contributed by atoms with Crippen LogP contribution < -0.4 is 0 Å². The highest BCUT2D eigenvalue weighted by Crippen LogP contribution is 1.84. The van der Waals surface area contributed by atoms with Gasteiger partial charge >= 0.3 is 0 Å². The number of hydrogen-bond donors (Lipinski definition) is 0. The summed E-state index contributed by atoms with van der Waals surface area (Å²) in [6.07, 6.45) is 0. The average Bonchev–Trinajstić information content (AvgIpc) is 1.69. The summed E-state index contributed by atoms with van der Waals surface area (Å²) in [4.78, 5) is 0. The van der Waals surface area contributed by atoms with E-state index >= 15 is 0 Å². The first-order valence-corrected chi connectivity index (χ1v) is 2.91. The van der Waals surface area contributed by atoms with Gasteiger partial charge in [0.1, 0.15) is 0 Å². The van der Waals surface area contributed by atoms with Crippen LogP contribution in [0.5, 0.6) is 0 Å². The van der Waals surface area contributed by atoms with Crippen molar-refractivity contribution < 1.29 is 0 Å². The standard InChI is InChI=1S/C3H2N2S2/c6-3-1-2-7-5-4-3/h1-2H. The predicted octanol–water partition coefficient (Wildman–Crippen LogP) is 1.27. The van der Waals surface area contributed by atoms with Crippen LogP contribution in [0.1, 0.15) is 0 Å². The molecule has 0 amide bonds. The zero-order valence-electron chi connectivity index (χ0n) is 3.37. The largest absolute Gasteiger partial charge is 0.150 e. The molecular weight excluding hydrogens is 128 g/mol. The lowest BCUT2D eigenvalue weighted by atomic mass is 10.8. The van der Waals surface area contributed by atoms with Crippen molar-refractivity contribution in [1.82, 2.24) is 9.59 Å². The van der Waals surface area contributed by atoms with Crippen LogP contribution in [0, 0.1) is 4.64 Å². The summed E-state index contributed by atoms with van der Waals surface area (Å²) in [5.41, 5.74) is 0. The minimum Gasteiger partial charge on any atom is -0.128 e. The fourth-order valence-corrected chi connectivity index (χ4v) is 0.839. The van der Waals surface area contributed by atoms with Crippen LogP contribution >= 0.6 is 23.8 Å². The Hall–Kier alpha value is -0.350. The SMILES string of the molecule is S=c1ccsnn1. The van der Waals surface area contributed by atoms with Crippen molar-refractivity contribution in [3.8, 4) is 0 Å². The van der Waals surface area contributed by atoms with Gasteiger partial charge in [0, 0.05) is 5.38 Å². The monoisotopic (exact) mass is 130 g/mol. The molecule has 0 unspecified atom stereocenters. The fourth-order valence-electron chi connectivity index (χ4n) is 0.213. The second kappa shape index (κ2) is 2.09. The smallest absolute Gasteiger partial charge is 0.128 e. The van der Waals surface area contributed by atoms with Gasteiger partial charge in [0.25, 0.3) is 0 Å². The molecule has 0 aromatic carbocycles. The molecule has 0 N–H and O–H groups in total. The molecule has 1 aromatic heterocycles. The maximum Gasteiger partial charge on any atom is 0.150 e. The minimum absolute atomic E-state index is 0.554. The van der Waals surface area contributed by atoms with Crippen LogP contribution in [0.2, 0.25) is 0 Å². The van der Waals surface area contributed by atoms with Crippen LogP contribution in [-0.2, 0) is 0 Å². The zero-order valence-corrected chi connectivity index (χ0v) is 5.00. The first-order chi connectivity index (χ1) is 3.39. The van der Waals surface area contributed by atoms with Gasteiger partial charge < -0.3 is 0 Å². The summed E-state index contributed by atoms with van der Waals surface area (Å²) in [5.74, 6) is 0. The quantitative estimate of drug-likeness (QED) is 0.494. The van der Waals surface area contributed by atoms with E-state index in [4.69, 9.17) is 0 Å². The van der Waals surface area contributed by atoms with Gasteiger partial charge in [0.05, 0.1) is 0 Å². The van der Waals surface area contributed by atoms with E-state index < -0.39 is 0 Å². The first kappa shape index (κ1) is 4.80. The Morgan fingerprint density at radius 3 is 2.86 bits per heavy atom. The van der Waals surface area contributed by atoms with Gasteiger partial charge in [-0.3, -0.25) is 0 Å². The van der Waals surface area contributed by atoms with E-state index in [2.05, 4.69) is 21.8 Å². The van der Waals surface area contributed by atoms with Gasteiger partial charge in [-0.2, -0.15) is 0 Å². The lowest BCUT2D eigenvalue weighted by molar-refractivity contribution is 1.11. The van der Waals surface area contributed by atoms with Gasteiger partial charge in [0.15, 0.2) is 4.64 Å². The second-order valence-electron chi connectivity index (χ2n) is 0.928. The number of hydrogen-bond acceptors (Lipinski definition) is 4. The van der Waals surface area contributed by atoms with Gasteiger partial charge in [-0.15, -0.1) is 5.10 Å². The molecule has 0 aliphatic carbocycles. The minimum atomic E-state index is 0.554. The predicted molar refractivity (Wildman–Crippen MR) is 30.7 cm³/mol. The highest BCUT2D eigenvalue weighted by molar-refractivity contribution is 7.71. The summed E-state index contributed by atoms with van der Waals surface area (Å²) in [6, 6.07) is 1.74. The molecule has 2 nitrogen and oxygen atoms in total. The molecule has 0 saturated carbocycles. The summed E-state index contributed by atoms with van der Waals surface area (Å²) in [7, 11) is 0. The topological polar surface area (TPSA) is 25.8 Å². The molecule has 0 saturated heterocycles. The van der Waals surface area contributed by atoms with Crippen molar-refractivity contribution in [2.24, 2.45) is 0 Å². The Bertz CT molecular complexity index is 177. The molecule has 0 fully saturated rings. The third-order valence-electron chi connectivity index (χ3n) is 0.458. The van der Waals surface area contributed by atoms with Crippen molar-refractivity contribution in [1.29, 1.82) is 0 Å². The highest BCUT2D eigenvalue weighted by Gasteiger charge is 1.70. The Kier molecular flexibility index (Phi) is 1.43. The number of nitrogens with zero attached hydrogens (tertiary/aromatic N) is 2. The number of rotatable bonds is 0. The van der Waals surface area contributed by atoms with Crippen LogP contribution in [0.4, 0.5) is 0 Å². The van der Waals surface area contributed by atoms with E-state index in [1.54, 1.807) is 11.4 Å².